The summed E-state index contributed by atoms with van der Waals surface area (Å²) in [5.74, 6) is 1.74. The molecule has 4 aromatic heterocycles. The molecule has 0 fully saturated rings. The maximum absolute atomic E-state index is 6.78. The van der Waals surface area contributed by atoms with Gasteiger partial charge in [-0.1, -0.05) is 90.5 Å². The van der Waals surface area contributed by atoms with Gasteiger partial charge in [-0.05, 0) is 42.5 Å². The highest BCUT2D eigenvalue weighted by atomic mass is 35.5. The lowest BCUT2D eigenvalue weighted by molar-refractivity contribution is 0.669. The number of aromatic nitrogens is 3. The smallest absolute Gasteiger partial charge is 0.167 e. The van der Waals surface area contributed by atoms with E-state index in [0.717, 1.165) is 42.4 Å². The summed E-state index contributed by atoms with van der Waals surface area (Å²) in [6, 6.07) is 41.6. The van der Waals surface area contributed by atoms with Gasteiger partial charge in [0.2, 0.25) is 0 Å². The van der Waals surface area contributed by atoms with Crippen molar-refractivity contribution in [1.29, 1.82) is 0 Å². The number of fused-ring (bicyclic) bond motifs is 9. The van der Waals surface area contributed by atoms with Crippen LogP contribution in [0.5, 0.6) is 0 Å². The van der Waals surface area contributed by atoms with Crippen molar-refractivity contribution in [2.24, 2.45) is 0 Å². The Balaban J connectivity index is 1.30. The largest absolute Gasteiger partial charge is 0.455 e. The van der Waals surface area contributed by atoms with Crippen LogP contribution in [0.25, 0.3) is 96.4 Å². The van der Waals surface area contributed by atoms with Crippen LogP contribution in [0.2, 0.25) is 5.02 Å². The van der Waals surface area contributed by atoms with Gasteiger partial charge in [-0.3, -0.25) is 0 Å². The van der Waals surface area contributed by atoms with E-state index in [9.17, 15) is 0 Å². The van der Waals surface area contributed by atoms with E-state index >= 15 is 0 Å². The van der Waals surface area contributed by atoms with E-state index in [0.29, 0.717) is 28.1 Å². The number of para-hydroxylation sites is 1. The standard InChI is InChI=1S/C39H20ClN3OS2/c40-21-19-29-22-9-1-4-16-31(22)44-34(29)30(20-21)39-42-37(27-14-7-12-25-23-10-2-5-17-32(23)45-35(25)27)41-38(43-39)28-15-8-13-26-24-11-3-6-18-33(24)46-36(26)28/h1-20H. The Morgan fingerprint density at radius 3 is 1.57 bits per heavy atom. The van der Waals surface area contributed by atoms with E-state index in [2.05, 4.69) is 91.0 Å². The van der Waals surface area contributed by atoms with Crippen molar-refractivity contribution in [1.82, 2.24) is 15.0 Å². The fourth-order valence-electron chi connectivity index (χ4n) is 6.54. The van der Waals surface area contributed by atoms with Gasteiger partial charge in [0, 0.05) is 67.3 Å². The Morgan fingerprint density at radius 1 is 0.457 bits per heavy atom. The lowest BCUT2D eigenvalue weighted by Crippen LogP contribution is -2.00. The average Bonchev–Trinajstić information content (AvgIpc) is 3.79. The maximum atomic E-state index is 6.78. The average molecular weight is 646 g/mol. The Bertz CT molecular complexity index is 2720. The van der Waals surface area contributed by atoms with Gasteiger partial charge in [0.1, 0.15) is 11.2 Å². The molecule has 216 valence electrons. The second-order valence-electron chi connectivity index (χ2n) is 11.3. The van der Waals surface area contributed by atoms with E-state index in [1.165, 1.54) is 30.9 Å². The molecular formula is C39H20ClN3OS2. The molecule has 0 N–H and O–H groups in total. The molecule has 10 aromatic rings. The van der Waals surface area contributed by atoms with Gasteiger partial charge in [-0.2, -0.15) is 0 Å². The summed E-state index contributed by atoms with van der Waals surface area (Å²) in [6.07, 6.45) is 0. The van der Waals surface area contributed by atoms with Crippen LogP contribution in [0.15, 0.2) is 126 Å². The van der Waals surface area contributed by atoms with E-state index in [1.807, 2.05) is 30.3 Å². The molecule has 10 rings (SSSR count). The molecule has 0 unspecified atom stereocenters. The molecule has 46 heavy (non-hydrogen) atoms. The quantitative estimate of drug-likeness (QED) is 0.192. The predicted molar refractivity (Wildman–Crippen MR) is 194 cm³/mol. The number of benzene rings is 6. The van der Waals surface area contributed by atoms with Crippen molar-refractivity contribution in [2.75, 3.05) is 0 Å². The normalized spacial score (nSPS) is 12.0. The molecule has 0 saturated heterocycles. The lowest BCUT2D eigenvalue weighted by Gasteiger charge is -2.10. The van der Waals surface area contributed by atoms with Crippen LogP contribution in [0, 0.1) is 0 Å². The molecule has 0 atom stereocenters. The summed E-state index contributed by atoms with van der Waals surface area (Å²) in [5, 5.41) is 7.36. The van der Waals surface area contributed by atoms with Crippen molar-refractivity contribution < 1.29 is 4.42 Å². The van der Waals surface area contributed by atoms with Crippen LogP contribution in [0.1, 0.15) is 0 Å². The summed E-state index contributed by atoms with van der Waals surface area (Å²) in [4.78, 5) is 15.6. The van der Waals surface area contributed by atoms with Crippen LogP contribution in [0.4, 0.5) is 0 Å². The Labute approximate surface area is 275 Å². The molecule has 6 aromatic carbocycles. The second-order valence-corrected chi connectivity index (χ2v) is 13.8. The molecule has 7 heteroatoms. The first kappa shape index (κ1) is 26.1. The van der Waals surface area contributed by atoms with Crippen molar-refractivity contribution in [3.8, 4) is 34.2 Å². The number of rotatable bonds is 3. The molecule has 0 amide bonds. The van der Waals surface area contributed by atoms with Crippen molar-refractivity contribution in [3.63, 3.8) is 0 Å². The van der Waals surface area contributed by atoms with Gasteiger partial charge in [0.15, 0.2) is 17.5 Å². The summed E-state index contributed by atoms with van der Waals surface area (Å²) in [6.45, 7) is 0. The summed E-state index contributed by atoms with van der Waals surface area (Å²) in [5.41, 5.74) is 4.16. The molecule has 0 aliphatic heterocycles. The van der Waals surface area contributed by atoms with Crippen LogP contribution >= 0.6 is 34.3 Å². The van der Waals surface area contributed by atoms with E-state index in [4.69, 9.17) is 31.0 Å². The number of halogens is 1. The molecule has 0 bridgehead atoms. The van der Waals surface area contributed by atoms with Crippen LogP contribution in [0.3, 0.4) is 0 Å². The number of furan rings is 1. The zero-order valence-corrected chi connectivity index (χ0v) is 26.4. The summed E-state index contributed by atoms with van der Waals surface area (Å²) >= 11 is 10.3. The van der Waals surface area contributed by atoms with Crippen molar-refractivity contribution in [2.45, 2.75) is 0 Å². The molecular weight excluding hydrogens is 626 g/mol. The third-order valence-electron chi connectivity index (χ3n) is 8.61. The lowest BCUT2D eigenvalue weighted by atomic mass is 10.1. The topological polar surface area (TPSA) is 51.8 Å². The fourth-order valence-corrected chi connectivity index (χ4v) is 9.18. The highest BCUT2D eigenvalue weighted by Gasteiger charge is 2.21. The third-order valence-corrected chi connectivity index (χ3v) is 11.3. The number of thiophene rings is 2. The number of hydrogen-bond donors (Lipinski definition) is 0. The minimum Gasteiger partial charge on any atom is -0.455 e. The Morgan fingerprint density at radius 2 is 0.957 bits per heavy atom. The zero-order chi connectivity index (χ0) is 30.4. The van der Waals surface area contributed by atoms with Gasteiger partial charge in [-0.25, -0.2) is 15.0 Å². The molecule has 4 heterocycles. The van der Waals surface area contributed by atoms with Crippen molar-refractivity contribution >= 4 is 96.6 Å². The fraction of sp³-hybridized carbons (Fsp3) is 0. The van der Waals surface area contributed by atoms with E-state index in [1.54, 1.807) is 22.7 Å². The van der Waals surface area contributed by atoms with Crippen LogP contribution in [-0.4, -0.2) is 15.0 Å². The number of nitrogens with zero attached hydrogens (tertiary/aromatic N) is 3. The Hall–Kier alpha value is -5.14. The van der Waals surface area contributed by atoms with E-state index in [-0.39, 0.29) is 0 Å². The first-order chi connectivity index (χ1) is 22.7. The van der Waals surface area contributed by atoms with Gasteiger partial charge in [-0.15, -0.1) is 22.7 Å². The highest BCUT2D eigenvalue weighted by molar-refractivity contribution is 7.26. The number of hydrogen-bond acceptors (Lipinski definition) is 6. The first-order valence-electron chi connectivity index (χ1n) is 14.9. The molecule has 0 aliphatic carbocycles. The molecule has 0 saturated carbocycles. The van der Waals surface area contributed by atoms with E-state index < -0.39 is 0 Å². The minimum absolute atomic E-state index is 0.516. The molecule has 4 nitrogen and oxygen atoms in total. The van der Waals surface area contributed by atoms with Gasteiger partial charge < -0.3 is 4.42 Å². The van der Waals surface area contributed by atoms with Gasteiger partial charge in [0.05, 0.1) is 5.56 Å². The summed E-state index contributed by atoms with van der Waals surface area (Å²) in [7, 11) is 0. The monoisotopic (exact) mass is 645 g/mol. The van der Waals surface area contributed by atoms with Gasteiger partial charge >= 0.3 is 0 Å². The SMILES string of the molecule is Clc1cc(-c2nc(-c3cccc4c3sc3ccccc34)nc(-c3cccc4c3sc3ccccc34)n2)c2oc3ccccc3c2c1. The first-order valence-corrected chi connectivity index (χ1v) is 16.9. The third kappa shape index (κ3) is 3.88. The molecule has 0 spiro atoms. The minimum atomic E-state index is 0.516. The Kier molecular flexibility index (Phi) is 5.64. The van der Waals surface area contributed by atoms with Gasteiger partial charge in [0.25, 0.3) is 0 Å². The molecule has 0 radical (unpaired) electrons. The van der Waals surface area contributed by atoms with Crippen LogP contribution < -0.4 is 0 Å². The second kappa shape index (κ2) is 9.93. The molecule has 0 aliphatic rings. The zero-order valence-electron chi connectivity index (χ0n) is 24.0. The highest BCUT2D eigenvalue weighted by Crippen LogP contribution is 2.43. The van der Waals surface area contributed by atoms with Crippen LogP contribution in [-0.2, 0) is 0 Å². The van der Waals surface area contributed by atoms with Crippen molar-refractivity contribution in [3.05, 3.63) is 126 Å². The predicted octanol–water partition coefficient (Wildman–Crippen LogP) is 12.2. The summed E-state index contributed by atoms with van der Waals surface area (Å²) < 4.78 is 11.2. The maximum Gasteiger partial charge on any atom is 0.167 e.